The van der Waals surface area contributed by atoms with Gasteiger partial charge in [-0.15, -0.1) is 0 Å². The number of aryl methyl sites for hydroxylation is 2. The van der Waals surface area contributed by atoms with Gasteiger partial charge in [0.2, 0.25) is 6.54 Å². The van der Waals surface area contributed by atoms with Crippen molar-refractivity contribution in [2.24, 2.45) is 0 Å². The van der Waals surface area contributed by atoms with Crippen molar-refractivity contribution >= 4 is 17.3 Å². The van der Waals surface area contributed by atoms with Gasteiger partial charge in [-0.2, -0.15) is 4.57 Å². The Morgan fingerprint density at radius 3 is 2.48 bits per heavy atom. The quantitative estimate of drug-likeness (QED) is 0.622. The number of amides is 1. The van der Waals surface area contributed by atoms with E-state index in [-0.39, 0.29) is 12.5 Å². The van der Waals surface area contributed by atoms with Gasteiger partial charge in [0.15, 0.2) is 11.9 Å². The average Bonchev–Trinajstić information content (AvgIpc) is 2.77. The number of benzene rings is 1. The lowest BCUT2D eigenvalue weighted by Gasteiger charge is -2.31. The van der Waals surface area contributed by atoms with Gasteiger partial charge in [-0.1, -0.05) is 6.92 Å². The van der Waals surface area contributed by atoms with Crippen LogP contribution in [0.2, 0.25) is 0 Å². The van der Waals surface area contributed by atoms with Gasteiger partial charge >= 0.3 is 0 Å². The molecule has 1 aromatic carbocycles. The van der Waals surface area contributed by atoms with E-state index in [4.69, 9.17) is 14.2 Å². The molecule has 3 rings (SSSR count). The maximum atomic E-state index is 12.9. The fourth-order valence-electron chi connectivity index (χ4n) is 3.64. The highest BCUT2D eigenvalue weighted by Gasteiger charge is 2.21. The third-order valence-electron chi connectivity index (χ3n) is 5.32. The predicted octanol–water partition coefficient (Wildman–Crippen LogP) is 3.12. The number of carbonyl (C=O) groups excluding carboxylic acids is 1. The molecule has 7 heteroatoms. The molecule has 2 heterocycles. The summed E-state index contributed by atoms with van der Waals surface area (Å²) >= 11 is 0. The molecule has 168 valence electrons. The maximum absolute atomic E-state index is 12.9. The van der Waals surface area contributed by atoms with Crippen molar-refractivity contribution in [2.75, 3.05) is 49.7 Å². The second-order valence-corrected chi connectivity index (χ2v) is 7.49. The van der Waals surface area contributed by atoms with E-state index in [1.165, 1.54) is 5.56 Å². The first-order valence-corrected chi connectivity index (χ1v) is 11.1. The Kier molecular flexibility index (Phi) is 8.12. The molecule has 1 aromatic heterocycles. The van der Waals surface area contributed by atoms with Crippen LogP contribution in [0.4, 0.5) is 11.4 Å². The zero-order valence-corrected chi connectivity index (χ0v) is 19.1. The van der Waals surface area contributed by atoms with Crippen LogP contribution in [0.5, 0.6) is 11.5 Å². The van der Waals surface area contributed by atoms with E-state index in [0.717, 1.165) is 36.6 Å². The first-order chi connectivity index (χ1) is 15.0. The van der Waals surface area contributed by atoms with Crippen molar-refractivity contribution < 1.29 is 23.6 Å². The van der Waals surface area contributed by atoms with Gasteiger partial charge in [0.05, 0.1) is 37.8 Å². The lowest BCUT2D eigenvalue weighted by Crippen LogP contribution is -2.43. The summed E-state index contributed by atoms with van der Waals surface area (Å²) in [6.07, 6.45) is 2.96. The molecule has 1 saturated heterocycles. The molecule has 0 bridgehead atoms. The number of rotatable bonds is 9. The molecule has 0 spiro atoms. The van der Waals surface area contributed by atoms with Crippen molar-refractivity contribution in [3.8, 4) is 11.5 Å². The monoisotopic (exact) mass is 428 g/mol. The summed E-state index contributed by atoms with van der Waals surface area (Å²) in [5.41, 5.74) is 3.82. The molecule has 0 aliphatic carbocycles. The van der Waals surface area contributed by atoms with E-state index in [9.17, 15) is 4.79 Å². The van der Waals surface area contributed by atoms with Crippen molar-refractivity contribution in [3.63, 3.8) is 0 Å². The minimum absolute atomic E-state index is 0.108. The highest BCUT2D eigenvalue weighted by molar-refractivity contribution is 5.92. The van der Waals surface area contributed by atoms with Crippen LogP contribution in [0.3, 0.4) is 0 Å². The smallest absolute Gasteiger partial charge is 0.290 e. The summed E-state index contributed by atoms with van der Waals surface area (Å²) in [7, 11) is 0. The molecule has 31 heavy (non-hydrogen) atoms. The Labute approximate surface area is 184 Å². The fourth-order valence-corrected chi connectivity index (χ4v) is 3.64. The Hall–Kier alpha value is -2.80. The molecule has 1 aliphatic rings. The van der Waals surface area contributed by atoms with Crippen LogP contribution in [-0.2, 0) is 22.5 Å². The van der Waals surface area contributed by atoms with E-state index in [2.05, 4.69) is 23.2 Å². The maximum Gasteiger partial charge on any atom is 0.290 e. The van der Waals surface area contributed by atoms with Crippen LogP contribution in [0.15, 0.2) is 30.5 Å². The summed E-state index contributed by atoms with van der Waals surface area (Å²) in [5.74, 6) is 1.27. The second kappa shape index (κ2) is 11.0. The number of hydrogen-bond acceptors (Lipinski definition) is 5. The van der Waals surface area contributed by atoms with Gasteiger partial charge in [0.25, 0.3) is 5.91 Å². The molecule has 7 nitrogen and oxygen atoms in total. The molecular formula is C24H34N3O4+. The number of anilines is 2. The number of carbonyl (C=O) groups is 1. The van der Waals surface area contributed by atoms with Gasteiger partial charge in [-0.25, -0.2) is 0 Å². The van der Waals surface area contributed by atoms with Gasteiger partial charge in [-0.05, 0) is 26.3 Å². The number of hydrogen-bond donors (Lipinski definition) is 1. The summed E-state index contributed by atoms with van der Waals surface area (Å²) in [6, 6.07) is 7.97. The second-order valence-electron chi connectivity index (χ2n) is 7.49. The lowest BCUT2D eigenvalue weighted by atomic mass is 10.2. The van der Waals surface area contributed by atoms with Crippen LogP contribution in [0, 0.1) is 6.92 Å². The molecule has 1 aliphatic heterocycles. The topological polar surface area (TPSA) is 63.9 Å². The third-order valence-corrected chi connectivity index (χ3v) is 5.32. The first kappa shape index (κ1) is 22.9. The van der Waals surface area contributed by atoms with Crippen LogP contribution in [0.1, 0.15) is 32.0 Å². The van der Waals surface area contributed by atoms with Crippen LogP contribution in [0.25, 0.3) is 0 Å². The number of morpholine rings is 1. The number of pyridine rings is 1. The zero-order valence-electron chi connectivity index (χ0n) is 19.1. The van der Waals surface area contributed by atoms with E-state index >= 15 is 0 Å². The van der Waals surface area contributed by atoms with E-state index in [1.54, 1.807) is 0 Å². The fraction of sp³-hybridized carbons (Fsp3) is 0.500. The summed E-state index contributed by atoms with van der Waals surface area (Å²) in [4.78, 5) is 15.1. The van der Waals surface area contributed by atoms with Crippen molar-refractivity contribution in [3.05, 3.63) is 41.7 Å². The molecule has 1 fully saturated rings. The summed E-state index contributed by atoms with van der Waals surface area (Å²) in [5, 5.41) is 3.03. The van der Waals surface area contributed by atoms with Crippen molar-refractivity contribution in [1.29, 1.82) is 0 Å². The number of nitrogens with zero attached hydrogens (tertiary/aromatic N) is 2. The Morgan fingerprint density at radius 1 is 1.10 bits per heavy atom. The average molecular weight is 429 g/mol. The minimum atomic E-state index is -0.108. The number of aromatic nitrogens is 1. The Morgan fingerprint density at radius 2 is 1.81 bits per heavy atom. The van der Waals surface area contributed by atoms with E-state index in [0.29, 0.717) is 37.9 Å². The van der Waals surface area contributed by atoms with Crippen LogP contribution >= 0.6 is 0 Å². The van der Waals surface area contributed by atoms with Crippen LogP contribution < -0.4 is 24.3 Å². The third kappa shape index (κ3) is 5.88. The van der Waals surface area contributed by atoms with Crippen LogP contribution in [-0.4, -0.2) is 45.4 Å². The lowest BCUT2D eigenvalue weighted by molar-refractivity contribution is -0.690. The highest BCUT2D eigenvalue weighted by atomic mass is 16.5. The molecular weight excluding hydrogens is 394 g/mol. The SMILES string of the molecule is CCOc1cc(N2CCOCC2)c(OCC)cc1NC(=O)C[n+]1cc(CC)ccc1C. The predicted molar refractivity (Wildman–Crippen MR) is 121 cm³/mol. The Bertz CT molecular complexity index is 895. The van der Waals surface area contributed by atoms with Gasteiger partial charge < -0.3 is 24.4 Å². The molecule has 0 atom stereocenters. The van der Waals surface area contributed by atoms with Crippen molar-refractivity contribution in [2.45, 2.75) is 40.7 Å². The minimum Gasteiger partial charge on any atom is -0.492 e. The standard InChI is InChI=1S/C24H33N3O4/c1-5-19-9-8-18(4)27(16-19)17-24(28)25-20-14-23(31-7-3)21(15-22(20)30-6-2)26-10-12-29-13-11-26/h8-9,14-16H,5-7,10-13,17H2,1-4H3/p+1. The van der Waals surface area contributed by atoms with Gasteiger partial charge in [0, 0.05) is 43.8 Å². The van der Waals surface area contributed by atoms with Crippen molar-refractivity contribution in [1.82, 2.24) is 0 Å². The van der Waals surface area contributed by atoms with Gasteiger partial charge in [-0.3, -0.25) is 4.79 Å². The molecule has 1 amide bonds. The molecule has 0 saturated carbocycles. The molecule has 1 N–H and O–H groups in total. The summed E-state index contributed by atoms with van der Waals surface area (Å²) in [6.45, 7) is 12.2. The van der Waals surface area contributed by atoms with E-state index < -0.39 is 0 Å². The summed E-state index contributed by atoms with van der Waals surface area (Å²) < 4.78 is 19.3. The Balaban J connectivity index is 1.86. The zero-order chi connectivity index (χ0) is 22.2. The normalized spacial score (nSPS) is 13.7. The first-order valence-electron chi connectivity index (χ1n) is 11.1. The molecule has 2 aromatic rings. The number of nitrogens with one attached hydrogen (secondary N) is 1. The van der Waals surface area contributed by atoms with Gasteiger partial charge in [0.1, 0.15) is 11.5 Å². The number of ether oxygens (including phenoxy) is 3. The van der Waals surface area contributed by atoms with E-state index in [1.807, 2.05) is 49.7 Å². The molecule has 0 unspecified atom stereocenters. The molecule has 0 radical (unpaired) electrons. The largest absolute Gasteiger partial charge is 0.492 e. The highest BCUT2D eigenvalue weighted by Crippen LogP contribution is 2.39.